The molecule has 2 aromatic heterocycles. The summed E-state index contributed by atoms with van der Waals surface area (Å²) in [5.41, 5.74) is 0.885. The highest BCUT2D eigenvalue weighted by atomic mass is 32.2. The molecule has 30 heavy (non-hydrogen) atoms. The fourth-order valence-electron chi connectivity index (χ4n) is 4.35. The van der Waals surface area contributed by atoms with Crippen molar-refractivity contribution in [1.82, 2.24) is 14.3 Å². The second-order valence-electron chi connectivity index (χ2n) is 8.58. The summed E-state index contributed by atoms with van der Waals surface area (Å²) < 4.78 is 2.06. The van der Waals surface area contributed by atoms with Crippen LogP contribution in [0.4, 0.5) is 5.82 Å². The molecule has 2 aliphatic rings. The second-order valence-corrected chi connectivity index (χ2v) is 10.3. The highest BCUT2D eigenvalue weighted by molar-refractivity contribution is 8.26. The van der Waals surface area contributed by atoms with Gasteiger partial charge >= 0.3 is 0 Å². The molecule has 0 bridgehead atoms. The highest BCUT2D eigenvalue weighted by Gasteiger charge is 2.35. The van der Waals surface area contributed by atoms with Crippen LogP contribution < -0.4 is 10.5 Å². The summed E-state index contributed by atoms with van der Waals surface area (Å²) >= 11 is 6.65. The number of nitrogens with zero attached hydrogens (tertiary/aromatic N) is 4. The molecule has 2 fully saturated rings. The van der Waals surface area contributed by atoms with Crippen LogP contribution in [0, 0.1) is 11.8 Å². The minimum absolute atomic E-state index is 0.0255. The van der Waals surface area contributed by atoms with E-state index in [1.165, 1.54) is 16.2 Å². The summed E-state index contributed by atoms with van der Waals surface area (Å²) in [6.45, 7) is 10.00. The molecular formula is C22H26N4O2S2. The van der Waals surface area contributed by atoms with Crippen LogP contribution in [0.2, 0.25) is 0 Å². The Bertz CT molecular complexity index is 1100. The lowest BCUT2D eigenvalue weighted by molar-refractivity contribution is -0.123. The highest BCUT2D eigenvalue weighted by Crippen LogP contribution is 2.35. The fourth-order valence-corrected chi connectivity index (χ4v) is 5.86. The molecule has 0 saturated carbocycles. The van der Waals surface area contributed by atoms with Gasteiger partial charge in [0.2, 0.25) is 0 Å². The first-order valence-corrected chi connectivity index (χ1v) is 11.5. The number of carbonyl (C=O) groups is 1. The summed E-state index contributed by atoms with van der Waals surface area (Å²) in [6.07, 6.45) is 4.56. The number of thioether (sulfide) groups is 1. The lowest BCUT2D eigenvalue weighted by Crippen LogP contribution is -2.40. The molecule has 0 aromatic carbocycles. The topological polar surface area (TPSA) is 57.9 Å². The maximum Gasteiger partial charge on any atom is 0.267 e. The minimum Gasteiger partial charge on any atom is -0.355 e. The van der Waals surface area contributed by atoms with Crippen LogP contribution in [-0.4, -0.2) is 43.6 Å². The number of anilines is 1. The monoisotopic (exact) mass is 442 g/mol. The SMILES string of the molecule is CC(C)N1C(=O)/C(=C/c2c(N3C[C@H](C)C[C@H](C)C3)nc3ccccn3c2=O)SC1=S. The van der Waals surface area contributed by atoms with Crippen LogP contribution >= 0.6 is 24.0 Å². The smallest absolute Gasteiger partial charge is 0.267 e. The molecule has 0 unspecified atom stereocenters. The number of rotatable bonds is 3. The third-order valence-corrected chi connectivity index (χ3v) is 6.86. The Morgan fingerprint density at radius 2 is 1.90 bits per heavy atom. The van der Waals surface area contributed by atoms with Crippen LogP contribution in [-0.2, 0) is 4.79 Å². The van der Waals surface area contributed by atoms with Gasteiger partial charge in [-0.2, -0.15) is 0 Å². The van der Waals surface area contributed by atoms with Gasteiger partial charge in [-0.1, -0.05) is 43.9 Å². The zero-order valence-corrected chi connectivity index (χ0v) is 19.3. The van der Waals surface area contributed by atoms with Crippen molar-refractivity contribution < 1.29 is 4.79 Å². The molecule has 2 aliphatic heterocycles. The molecule has 158 valence electrons. The van der Waals surface area contributed by atoms with Crippen LogP contribution in [0.5, 0.6) is 0 Å². The first kappa shape index (κ1) is 21.1. The molecule has 4 rings (SSSR count). The van der Waals surface area contributed by atoms with Gasteiger partial charge in [0.15, 0.2) is 0 Å². The van der Waals surface area contributed by atoms with E-state index in [1.54, 1.807) is 17.2 Å². The quantitative estimate of drug-likeness (QED) is 0.533. The molecular weight excluding hydrogens is 416 g/mol. The van der Waals surface area contributed by atoms with Crippen molar-refractivity contribution in [2.75, 3.05) is 18.0 Å². The lowest BCUT2D eigenvalue weighted by Gasteiger charge is -2.36. The Hall–Kier alpha value is -2.19. The number of piperidine rings is 1. The van der Waals surface area contributed by atoms with Crippen LogP contribution in [0.1, 0.15) is 39.7 Å². The zero-order valence-electron chi connectivity index (χ0n) is 17.7. The third-order valence-electron chi connectivity index (χ3n) is 5.53. The van der Waals surface area contributed by atoms with Gasteiger partial charge in [0.25, 0.3) is 11.5 Å². The molecule has 6 nitrogen and oxygen atoms in total. The van der Waals surface area contributed by atoms with Crippen molar-refractivity contribution in [1.29, 1.82) is 0 Å². The Kier molecular flexibility index (Phi) is 5.72. The van der Waals surface area contributed by atoms with Crippen molar-refractivity contribution in [3.63, 3.8) is 0 Å². The lowest BCUT2D eigenvalue weighted by atomic mass is 9.91. The Labute approximate surface area is 186 Å². The molecule has 2 atom stereocenters. The maximum absolute atomic E-state index is 13.4. The largest absolute Gasteiger partial charge is 0.355 e. The van der Waals surface area contributed by atoms with Gasteiger partial charge < -0.3 is 4.90 Å². The number of thiocarbonyl (C=S) groups is 1. The van der Waals surface area contributed by atoms with Crippen molar-refractivity contribution in [2.45, 2.75) is 40.2 Å². The van der Waals surface area contributed by atoms with E-state index in [0.29, 0.717) is 38.1 Å². The second kappa shape index (κ2) is 8.15. The van der Waals surface area contributed by atoms with E-state index in [4.69, 9.17) is 17.2 Å². The number of hydrogen-bond acceptors (Lipinski definition) is 6. The molecule has 0 aliphatic carbocycles. The van der Waals surface area contributed by atoms with Crippen molar-refractivity contribution >= 4 is 51.7 Å². The van der Waals surface area contributed by atoms with Crippen LogP contribution in [0.15, 0.2) is 34.1 Å². The number of pyridine rings is 1. The minimum atomic E-state index is -0.170. The van der Waals surface area contributed by atoms with E-state index in [0.717, 1.165) is 19.5 Å². The van der Waals surface area contributed by atoms with Crippen molar-refractivity contribution in [2.24, 2.45) is 11.8 Å². The van der Waals surface area contributed by atoms with E-state index in [9.17, 15) is 9.59 Å². The number of aromatic nitrogens is 2. The fraction of sp³-hybridized carbons (Fsp3) is 0.455. The van der Waals surface area contributed by atoms with Gasteiger partial charge in [0.05, 0.1) is 10.5 Å². The standard InChI is InChI=1S/C22H26N4O2S2/c1-13(2)26-21(28)17(30-22(26)29)10-16-19(24-11-14(3)9-15(4)12-24)23-18-7-5-6-8-25(18)20(16)27/h5-8,10,13-15H,9,11-12H2,1-4H3/b17-10-/t14-,15+. The Morgan fingerprint density at radius 1 is 1.20 bits per heavy atom. The molecule has 2 saturated heterocycles. The van der Waals surface area contributed by atoms with Gasteiger partial charge in [-0.3, -0.25) is 18.9 Å². The van der Waals surface area contributed by atoms with E-state index in [-0.39, 0.29) is 17.5 Å². The zero-order chi connectivity index (χ0) is 21.6. The third kappa shape index (κ3) is 3.78. The van der Waals surface area contributed by atoms with Gasteiger partial charge in [-0.25, -0.2) is 4.98 Å². The van der Waals surface area contributed by atoms with Crippen molar-refractivity contribution in [3.8, 4) is 0 Å². The first-order valence-electron chi connectivity index (χ1n) is 10.3. The number of fused-ring (bicyclic) bond motifs is 1. The molecule has 8 heteroatoms. The maximum atomic E-state index is 13.4. The van der Waals surface area contributed by atoms with Gasteiger partial charge in [-0.15, -0.1) is 0 Å². The van der Waals surface area contributed by atoms with Gasteiger partial charge in [-0.05, 0) is 50.3 Å². The predicted octanol–water partition coefficient (Wildman–Crippen LogP) is 3.79. The summed E-state index contributed by atoms with van der Waals surface area (Å²) in [5.74, 6) is 1.52. The van der Waals surface area contributed by atoms with Crippen molar-refractivity contribution in [3.05, 3.63) is 45.2 Å². The predicted molar refractivity (Wildman–Crippen MR) is 127 cm³/mol. The molecule has 0 N–H and O–H groups in total. The summed E-state index contributed by atoms with van der Waals surface area (Å²) in [4.78, 5) is 35.5. The Morgan fingerprint density at radius 3 is 2.53 bits per heavy atom. The van der Waals surface area contributed by atoms with Gasteiger partial charge in [0.1, 0.15) is 15.8 Å². The van der Waals surface area contributed by atoms with Crippen LogP contribution in [0.3, 0.4) is 0 Å². The Balaban J connectivity index is 1.88. The van der Waals surface area contributed by atoms with Gasteiger partial charge in [0, 0.05) is 25.3 Å². The molecule has 1 amide bonds. The average Bonchev–Trinajstić information content (AvgIpc) is 2.96. The molecule has 0 radical (unpaired) electrons. The van der Waals surface area contributed by atoms with E-state index >= 15 is 0 Å². The normalized spacial score (nSPS) is 24.0. The summed E-state index contributed by atoms with van der Waals surface area (Å²) in [5, 5.41) is 0. The van der Waals surface area contributed by atoms with E-state index in [2.05, 4.69) is 18.7 Å². The summed E-state index contributed by atoms with van der Waals surface area (Å²) in [6, 6.07) is 5.50. The molecule has 2 aromatic rings. The van der Waals surface area contributed by atoms with E-state index in [1.807, 2.05) is 32.0 Å². The molecule has 0 spiro atoms. The number of carbonyl (C=O) groups excluding carboxylic acids is 1. The van der Waals surface area contributed by atoms with E-state index < -0.39 is 0 Å². The summed E-state index contributed by atoms with van der Waals surface area (Å²) in [7, 11) is 0. The van der Waals surface area contributed by atoms with Crippen LogP contribution in [0.25, 0.3) is 11.7 Å². The molecule has 4 heterocycles. The average molecular weight is 443 g/mol. The first-order chi connectivity index (χ1) is 14.3. The number of amides is 1. The number of hydrogen-bond donors (Lipinski definition) is 0.